The summed E-state index contributed by atoms with van der Waals surface area (Å²) in [6, 6.07) is 5.86. The van der Waals surface area contributed by atoms with Crippen LogP contribution in [0.25, 0.3) is 0 Å². The second kappa shape index (κ2) is 4.79. The molecular formula is C11H17N3O. The minimum Gasteiger partial charge on any atom is -0.378 e. The number of carbonyl (C=O) groups is 1. The Morgan fingerprint density at radius 3 is 2.60 bits per heavy atom. The minimum atomic E-state index is -0.171. The van der Waals surface area contributed by atoms with Crippen molar-refractivity contribution < 1.29 is 4.79 Å². The first kappa shape index (κ1) is 11.5. The van der Waals surface area contributed by atoms with E-state index in [-0.39, 0.29) is 12.5 Å². The van der Waals surface area contributed by atoms with E-state index in [9.17, 15) is 4.79 Å². The first-order chi connectivity index (χ1) is 7.04. The topological polar surface area (TPSA) is 58.4 Å². The summed E-state index contributed by atoms with van der Waals surface area (Å²) in [5.41, 5.74) is 8.18. The highest BCUT2D eigenvalue weighted by Gasteiger charge is 2.04. The van der Waals surface area contributed by atoms with Gasteiger partial charge in [-0.15, -0.1) is 0 Å². The maximum absolute atomic E-state index is 11.1. The number of carbonyl (C=O) groups excluding carboxylic acids is 1. The van der Waals surface area contributed by atoms with Crippen molar-refractivity contribution in [2.24, 2.45) is 5.73 Å². The van der Waals surface area contributed by atoms with Gasteiger partial charge in [0.1, 0.15) is 0 Å². The number of benzene rings is 1. The lowest BCUT2D eigenvalue weighted by Gasteiger charge is -2.15. The highest BCUT2D eigenvalue weighted by Crippen LogP contribution is 2.20. The predicted molar refractivity (Wildman–Crippen MR) is 63.2 cm³/mol. The number of amides is 1. The average Bonchev–Trinajstić information content (AvgIpc) is 2.20. The third-order valence-electron chi connectivity index (χ3n) is 2.19. The van der Waals surface area contributed by atoms with Gasteiger partial charge in [0.25, 0.3) is 0 Å². The second-order valence-electron chi connectivity index (χ2n) is 3.65. The maximum Gasteiger partial charge on any atom is 0.238 e. The first-order valence-corrected chi connectivity index (χ1v) is 4.82. The Bertz CT molecular complexity index is 361. The summed E-state index contributed by atoms with van der Waals surface area (Å²) < 4.78 is 0. The molecule has 3 N–H and O–H groups in total. The molecule has 0 radical (unpaired) electrons. The van der Waals surface area contributed by atoms with Crippen molar-refractivity contribution >= 4 is 17.3 Å². The van der Waals surface area contributed by atoms with Crippen LogP contribution in [0.5, 0.6) is 0 Å². The summed E-state index contributed by atoms with van der Waals surface area (Å²) in [4.78, 5) is 13.1. The lowest BCUT2D eigenvalue weighted by atomic mass is 10.1. The third kappa shape index (κ3) is 2.95. The molecule has 0 aliphatic carbocycles. The van der Waals surface area contributed by atoms with E-state index in [1.807, 2.05) is 44.1 Å². The molecule has 1 amide bonds. The van der Waals surface area contributed by atoms with E-state index in [1.165, 1.54) is 0 Å². The van der Waals surface area contributed by atoms with Crippen LogP contribution < -0.4 is 16.0 Å². The Labute approximate surface area is 90.1 Å². The molecule has 1 rings (SSSR count). The van der Waals surface area contributed by atoms with Crippen molar-refractivity contribution in [3.63, 3.8) is 0 Å². The van der Waals surface area contributed by atoms with E-state index in [4.69, 9.17) is 5.73 Å². The first-order valence-electron chi connectivity index (χ1n) is 4.82. The van der Waals surface area contributed by atoms with E-state index >= 15 is 0 Å². The highest BCUT2D eigenvalue weighted by molar-refractivity contribution is 5.93. The molecule has 1 aromatic rings. The van der Waals surface area contributed by atoms with Crippen molar-refractivity contribution in [2.45, 2.75) is 6.92 Å². The molecule has 0 saturated heterocycles. The third-order valence-corrected chi connectivity index (χ3v) is 2.19. The Hall–Kier alpha value is -1.55. The van der Waals surface area contributed by atoms with Crippen LogP contribution >= 0.6 is 0 Å². The van der Waals surface area contributed by atoms with Crippen LogP contribution in [0, 0.1) is 6.92 Å². The molecule has 15 heavy (non-hydrogen) atoms. The highest BCUT2D eigenvalue weighted by atomic mass is 16.1. The Morgan fingerprint density at radius 2 is 2.13 bits per heavy atom. The lowest BCUT2D eigenvalue weighted by Crippen LogP contribution is -2.22. The number of anilines is 2. The van der Waals surface area contributed by atoms with Crippen LogP contribution in [0.2, 0.25) is 0 Å². The van der Waals surface area contributed by atoms with Crippen LogP contribution in [0.1, 0.15) is 5.56 Å². The molecule has 0 heterocycles. The van der Waals surface area contributed by atoms with Crippen molar-refractivity contribution in [2.75, 3.05) is 30.9 Å². The van der Waals surface area contributed by atoms with Crippen LogP contribution in [0.3, 0.4) is 0 Å². The van der Waals surface area contributed by atoms with Crippen LogP contribution in [-0.2, 0) is 4.79 Å². The largest absolute Gasteiger partial charge is 0.378 e. The normalized spacial score (nSPS) is 9.87. The summed E-state index contributed by atoms with van der Waals surface area (Å²) in [6.07, 6.45) is 0. The summed E-state index contributed by atoms with van der Waals surface area (Å²) in [6.45, 7) is 1.97. The van der Waals surface area contributed by atoms with Crippen molar-refractivity contribution in [3.8, 4) is 0 Å². The Morgan fingerprint density at radius 1 is 1.47 bits per heavy atom. The van der Waals surface area contributed by atoms with Gasteiger partial charge >= 0.3 is 0 Å². The average molecular weight is 207 g/mol. The van der Waals surface area contributed by atoms with Gasteiger partial charge in [-0.05, 0) is 30.7 Å². The number of nitrogens with two attached hydrogens (primary N) is 1. The van der Waals surface area contributed by atoms with Gasteiger partial charge in [0.05, 0.1) is 6.54 Å². The standard InChI is InChI=1S/C11H17N3O/c1-8-6-9(14(2)3)4-5-10(8)13-11(15)7-12/h4-6H,7,12H2,1-3H3,(H,13,15). The van der Waals surface area contributed by atoms with Crippen LogP contribution in [0.4, 0.5) is 11.4 Å². The molecule has 82 valence electrons. The smallest absolute Gasteiger partial charge is 0.238 e. The monoisotopic (exact) mass is 207 g/mol. The van der Waals surface area contributed by atoms with Gasteiger partial charge in [0, 0.05) is 25.5 Å². The summed E-state index contributed by atoms with van der Waals surface area (Å²) in [7, 11) is 3.96. The molecule has 0 spiro atoms. The zero-order valence-electron chi connectivity index (χ0n) is 9.37. The quantitative estimate of drug-likeness (QED) is 0.776. The number of nitrogens with one attached hydrogen (secondary N) is 1. The molecule has 0 unspecified atom stereocenters. The fourth-order valence-electron chi connectivity index (χ4n) is 1.27. The summed E-state index contributed by atoms with van der Waals surface area (Å²) >= 11 is 0. The van der Waals surface area contributed by atoms with E-state index < -0.39 is 0 Å². The molecule has 0 aromatic heterocycles. The molecule has 0 fully saturated rings. The van der Waals surface area contributed by atoms with E-state index in [0.29, 0.717) is 0 Å². The van der Waals surface area contributed by atoms with Crippen LogP contribution in [0.15, 0.2) is 18.2 Å². The minimum absolute atomic E-state index is 0.00880. The Balaban J connectivity index is 2.88. The number of rotatable bonds is 3. The van der Waals surface area contributed by atoms with Crippen molar-refractivity contribution in [1.29, 1.82) is 0 Å². The van der Waals surface area contributed by atoms with E-state index in [2.05, 4.69) is 5.32 Å². The molecule has 4 heteroatoms. The number of nitrogens with zero attached hydrogens (tertiary/aromatic N) is 1. The van der Waals surface area contributed by atoms with Crippen molar-refractivity contribution in [3.05, 3.63) is 23.8 Å². The second-order valence-corrected chi connectivity index (χ2v) is 3.65. The maximum atomic E-state index is 11.1. The molecule has 0 atom stereocenters. The van der Waals surface area contributed by atoms with Gasteiger partial charge < -0.3 is 16.0 Å². The summed E-state index contributed by atoms with van der Waals surface area (Å²) in [5, 5.41) is 2.74. The van der Waals surface area contributed by atoms with Gasteiger partial charge in [0.15, 0.2) is 0 Å². The molecule has 0 bridgehead atoms. The zero-order chi connectivity index (χ0) is 11.4. The van der Waals surface area contributed by atoms with Crippen LogP contribution in [-0.4, -0.2) is 26.5 Å². The predicted octanol–water partition coefficient (Wildman–Crippen LogP) is 0.958. The SMILES string of the molecule is Cc1cc(N(C)C)ccc1NC(=O)CN. The molecule has 4 nitrogen and oxygen atoms in total. The number of hydrogen-bond donors (Lipinski definition) is 2. The molecule has 0 aliphatic rings. The fraction of sp³-hybridized carbons (Fsp3) is 0.364. The molecule has 1 aromatic carbocycles. The molecular weight excluding hydrogens is 190 g/mol. The number of hydrogen-bond acceptors (Lipinski definition) is 3. The van der Waals surface area contributed by atoms with Crippen molar-refractivity contribution in [1.82, 2.24) is 0 Å². The van der Waals surface area contributed by atoms with E-state index in [1.54, 1.807) is 0 Å². The lowest BCUT2D eigenvalue weighted by molar-refractivity contribution is -0.114. The summed E-state index contributed by atoms with van der Waals surface area (Å²) in [5.74, 6) is -0.171. The van der Waals surface area contributed by atoms with E-state index in [0.717, 1.165) is 16.9 Å². The fourth-order valence-corrected chi connectivity index (χ4v) is 1.27. The Kier molecular flexibility index (Phi) is 3.68. The van der Waals surface area contributed by atoms with Gasteiger partial charge in [-0.2, -0.15) is 0 Å². The van der Waals surface area contributed by atoms with Gasteiger partial charge in [-0.1, -0.05) is 0 Å². The molecule has 0 saturated carbocycles. The number of aryl methyl sites for hydroxylation is 1. The van der Waals surface area contributed by atoms with Gasteiger partial charge in [0.2, 0.25) is 5.91 Å². The zero-order valence-corrected chi connectivity index (χ0v) is 9.37. The van der Waals surface area contributed by atoms with Gasteiger partial charge in [-0.3, -0.25) is 4.79 Å². The van der Waals surface area contributed by atoms with Gasteiger partial charge in [-0.25, -0.2) is 0 Å². The molecule has 0 aliphatic heterocycles.